The van der Waals surface area contributed by atoms with E-state index in [1.54, 1.807) is 0 Å². The molecule has 0 saturated heterocycles. The number of hydrogen-bond acceptors (Lipinski definition) is 3. The van der Waals surface area contributed by atoms with Gasteiger partial charge in [0.2, 0.25) is 0 Å². The van der Waals surface area contributed by atoms with Crippen LogP contribution in [0.1, 0.15) is 28.9 Å². The summed E-state index contributed by atoms with van der Waals surface area (Å²) in [5.41, 5.74) is -2.75. The maximum absolute atomic E-state index is 12.7. The van der Waals surface area contributed by atoms with Gasteiger partial charge in [-0.3, -0.25) is 4.79 Å². The van der Waals surface area contributed by atoms with Crippen molar-refractivity contribution in [3.8, 4) is 0 Å². The zero-order valence-electron chi connectivity index (χ0n) is 10.0. The Morgan fingerprint density at radius 2 is 2.00 bits per heavy atom. The lowest BCUT2D eigenvalue weighted by atomic mass is 10.0. The summed E-state index contributed by atoms with van der Waals surface area (Å²) in [4.78, 5) is 14.3. The Bertz CT molecular complexity index is 485. The second-order valence-corrected chi connectivity index (χ2v) is 3.72. The minimum absolute atomic E-state index is 0.145. The molecular weight excluding hydrogens is 273 g/mol. The van der Waals surface area contributed by atoms with Crippen LogP contribution in [0.3, 0.4) is 0 Å². The van der Waals surface area contributed by atoms with Gasteiger partial charge in [-0.2, -0.15) is 13.2 Å². The van der Waals surface area contributed by atoms with E-state index in [0.717, 1.165) is 7.11 Å². The first-order chi connectivity index (χ1) is 8.66. The predicted octanol–water partition coefficient (Wildman–Crippen LogP) is 3.06. The molecule has 106 valence electrons. The molecule has 0 unspecified atom stereocenters. The minimum atomic E-state index is -4.86. The zero-order chi connectivity index (χ0) is 14.8. The highest BCUT2D eigenvalue weighted by molar-refractivity contribution is 5.72. The SMILES string of the molecule is COC(=O)Cc1nc(C(F)(F)F)cc(C(F)F)c1C. The molecule has 0 spiro atoms. The second-order valence-electron chi connectivity index (χ2n) is 3.72. The first-order valence-electron chi connectivity index (χ1n) is 5.09. The van der Waals surface area contributed by atoms with Crippen LogP contribution in [0.4, 0.5) is 22.0 Å². The van der Waals surface area contributed by atoms with Crippen molar-refractivity contribution in [2.75, 3.05) is 7.11 Å². The Morgan fingerprint density at radius 3 is 2.42 bits per heavy atom. The van der Waals surface area contributed by atoms with Gasteiger partial charge >= 0.3 is 12.1 Å². The van der Waals surface area contributed by atoms with E-state index < -0.39 is 36.2 Å². The Balaban J connectivity index is 3.36. The summed E-state index contributed by atoms with van der Waals surface area (Å²) in [5.74, 6) is -0.852. The summed E-state index contributed by atoms with van der Waals surface area (Å²) in [6.07, 6.45) is -8.53. The van der Waals surface area contributed by atoms with Crippen LogP contribution in [0.25, 0.3) is 0 Å². The molecule has 0 bridgehead atoms. The minimum Gasteiger partial charge on any atom is -0.469 e. The Kier molecular flexibility index (Phi) is 4.43. The van der Waals surface area contributed by atoms with Gasteiger partial charge in [-0.15, -0.1) is 0 Å². The average Bonchev–Trinajstić information content (AvgIpc) is 2.29. The van der Waals surface area contributed by atoms with Crippen molar-refractivity contribution in [1.29, 1.82) is 0 Å². The van der Waals surface area contributed by atoms with Gasteiger partial charge in [-0.25, -0.2) is 13.8 Å². The molecule has 0 aromatic carbocycles. The van der Waals surface area contributed by atoms with E-state index in [2.05, 4.69) is 9.72 Å². The number of ether oxygens (including phenoxy) is 1. The number of carbonyl (C=O) groups excluding carboxylic acids is 1. The van der Waals surface area contributed by atoms with E-state index in [4.69, 9.17) is 0 Å². The van der Waals surface area contributed by atoms with Gasteiger partial charge in [0, 0.05) is 5.56 Å². The number of rotatable bonds is 3. The van der Waals surface area contributed by atoms with Gasteiger partial charge in [-0.05, 0) is 18.6 Å². The van der Waals surface area contributed by atoms with Crippen LogP contribution in [-0.2, 0) is 22.1 Å². The van der Waals surface area contributed by atoms with Crippen LogP contribution in [0, 0.1) is 6.92 Å². The number of nitrogens with zero attached hydrogens (tertiary/aromatic N) is 1. The molecule has 0 N–H and O–H groups in total. The quantitative estimate of drug-likeness (QED) is 0.632. The third-order valence-corrected chi connectivity index (χ3v) is 2.48. The van der Waals surface area contributed by atoms with E-state index in [9.17, 15) is 26.7 Å². The van der Waals surface area contributed by atoms with E-state index in [0.29, 0.717) is 6.07 Å². The molecule has 1 aromatic heterocycles. The molecule has 0 amide bonds. The van der Waals surface area contributed by atoms with Crippen molar-refractivity contribution in [2.24, 2.45) is 0 Å². The molecule has 0 aliphatic rings. The maximum Gasteiger partial charge on any atom is 0.433 e. The largest absolute Gasteiger partial charge is 0.469 e. The Hall–Kier alpha value is -1.73. The van der Waals surface area contributed by atoms with Crippen LogP contribution in [-0.4, -0.2) is 18.1 Å². The van der Waals surface area contributed by atoms with Crippen molar-refractivity contribution in [1.82, 2.24) is 4.98 Å². The third-order valence-electron chi connectivity index (χ3n) is 2.48. The zero-order valence-corrected chi connectivity index (χ0v) is 10.0. The smallest absolute Gasteiger partial charge is 0.433 e. The highest BCUT2D eigenvalue weighted by Gasteiger charge is 2.35. The summed E-state index contributed by atoms with van der Waals surface area (Å²) >= 11 is 0. The summed E-state index contributed by atoms with van der Waals surface area (Å²) in [7, 11) is 1.04. The van der Waals surface area contributed by atoms with Crippen LogP contribution in [0.2, 0.25) is 0 Å². The number of methoxy groups -OCH3 is 1. The highest BCUT2D eigenvalue weighted by Crippen LogP contribution is 2.33. The molecule has 3 nitrogen and oxygen atoms in total. The molecule has 0 aliphatic carbocycles. The van der Waals surface area contributed by atoms with Crippen LogP contribution < -0.4 is 0 Å². The van der Waals surface area contributed by atoms with E-state index in [1.807, 2.05) is 0 Å². The molecule has 1 heterocycles. The summed E-state index contributed by atoms with van der Waals surface area (Å²) in [6.45, 7) is 1.19. The Morgan fingerprint density at radius 1 is 1.42 bits per heavy atom. The first-order valence-corrected chi connectivity index (χ1v) is 5.09. The average molecular weight is 283 g/mol. The normalized spacial score (nSPS) is 11.8. The fourth-order valence-electron chi connectivity index (χ4n) is 1.44. The van der Waals surface area contributed by atoms with Crippen molar-refractivity contribution in [3.05, 3.63) is 28.6 Å². The number of halogens is 5. The van der Waals surface area contributed by atoms with E-state index in [-0.39, 0.29) is 11.3 Å². The van der Waals surface area contributed by atoms with Crippen molar-refractivity contribution in [3.63, 3.8) is 0 Å². The van der Waals surface area contributed by atoms with Crippen LogP contribution in [0.5, 0.6) is 0 Å². The maximum atomic E-state index is 12.7. The van der Waals surface area contributed by atoms with Gasteiger partial charge in [0.05, 0.1) is 19.2 Å². The molecule has 0 radical (unpaired) electrons. The monoisotopic (exact) mass is 283 g/mol. The topological polar surface area (TPSA) is 39.2 Å². The molecule has 1 rings (SSSR count). The number of pyridine rings is 1. The van der Waals surface area contributed by atoms with Crippen LogP contribution >= 0.6 is 0 Å². The lowest BCUT2D eigenvalue weighted by Gasteiger charge is -2.14. The summed E-state index contributed by atoms with van der Waals surface area (Å²) in [6, 6.07) is 0.292. The molecule has 0 atom stereocenters. The third kappa shape index (κ3) is 3.62. The summed E-state index contributed by atoms with van der Waals surface area (Å²) in [5, 5.41) is 0. The lowest BCUT2D eigenvalue weighted by Crippen LogP contribution is -2.15. The van der Waals surface area contributed by atoms with Crippen molar-refractivity contribution >= 4 is 5.97 Å². The summed E-state index contributed by atoms with van der Waals surface area (Å²) < 4.78 is 67.3. The fourth-order valence-corrected chi connectivity index (χ4v) is 1.44. The van der Waals surface area contributed by atoms with Gasteiger partial charge in [0.15, 0.2) is 0 Å². The number of hydrogen-bond donors (Lipinski definition) is 0. The highest BCUT2D eigenvalue weighted by atomic mass is 19.4. The van der Waals surface area contributed by atoms with Gasteiger partial charge in [-0.1, -0.05) is 0 Å². The molecule has 19 heavy (non-hydrogen) atoms. The van der Waals surface area contributed by atoms with E-state index >= 15 is 0 Å². The molecule has 0 aliphatic heterocycles. The number of esters is 1. The fraction of sp³-hybridized carbons (Fsp3) is 0.455. The predicted molar refractivity (Wildman–Crippen MR) is 54.7 cm³/mol. The number of alkyl halides is 5. The molecule has 1 aromatic rings. The van der Waals surface area contributed by atoms with Gasteiger partial charge in [0.25, 0.3) is 6.43 Å². The molecular formula is C11H10F5NO2. The molecule has 8 heteroatoms. The Labute approximate surface area is 105 Å². The van der Waals surface area contributed by atoms with Crippen molar-refractivity contribution in [2.45, 2.75) is 25.9 Å². The van der Waals surface area contributed by atoms with E-state index in [1.165, 1.54) is 6.92 Å². The molecule has 0 fully saturated rings. The second kappa shape index (κ2) is 5.50. The van der Waals surface area contributed by atoms with Crippen LogP contribution in [0.15, 0.2) is 6.07 Å². The standard InChI is InChI=1S/C11H10F5NO2/c1-5-6(10(12)13)3-8(11(14,15)16)17-7(5)4-9(18)19-2/h3,10H,4H2,1-2H3. The number of carbonyl (C=O) groups is 1. The van der Waals surface area contributed by atoms with Crippen molar-refractivity contribution < 1.29 is 31.5 Å². The number of aromatic nitrogens is 1. The van der Waals surface area contributed by atoms with Gasteiger partial charge in [0.1, 0.15) is 5.69 Å². The first kappa shape index (κ1) is 15.3. The molecule has 0 saturated carbocycles. The lowest BCUT2D eigenvalue weighted by molar-refractivity contribution is -0.143. The van der Waals surface area contributed by atoms with Gasteiger partial charge < -0.3 is 4.74 Å².